The molecule has 0 saturated carbocycles. The Kier molecular flexibility index (Phi) is 18.1. The van der Waals surface area contributed by atoms with Gasteiger partial charge in [0.15, 0.2) is 0 Å². The summed E-state index contributed by atoms with van der Waals surface area (Å²) in [5.41, 5.74) is 16.0. The average molecular weight is 657 g/mol. The monoisotopic (exact) mass is 656 g/mol. The molecule has 0 aromatic carbocycles. The van der Waals surface area contributed by atoms with E-state index in [0.717, 1.165) is 0 Å². The highest BCUT2D eigenvalue weighted by molar-refractivity contribution is 5.96. The minimum Gasteiger partial charge on any atom is -0.480 e. The Hall–Kier alpha value is -4.28. The number of primary amides is 2. The van der Waals surface area contributed by atoms with E-state index >= 15 is 0 Å². The first-order chi connectivity index (χ1) is 21.2. The van der Waals surface area contributed by atoms with Gasteiger partial charge in [-0.15, -0.1) is 0 Å². The predicted octanol–water partition coefficient (Wildman–Crippen LogP) is -2.27. The lowest BCUT2D eigenvalue weighted by Gasteiger charge is -2.30. The fraction of sp³-hybridized carbons (Fsp3) is 0.724. The van der Waals surface area contributed by atoms with Crippen molar-refractivity contribution in [2.24, 2.45) is 35.0 Å². The van der Waals surface area contributed by atoms with Gasteiger partial charge in [-0.1, -0.05) is 48.0 Å². The van der Waals surface area contributed by atoms with Crippen LogP contribution >= 0.6 is 0 Å². The van der Waals surface area contributed by atoms with Crippen LogP contribution in [0.5, 0.6) is 0 Å². The summed E-state index contributed by atoms with van der Waals surface area (Å²) < 4.78 is 0. The number of hydrogen-bond acceptors (Lipinski definition) is 9. The molecule has 0 aliphatic carbocycles. The third kappa shape index (κ3) is 15.1. The van der Waals surface area contributed by atoms with Crippen molar-refractivity contribution in [1.82, 2.24) is 26.6 Å². The van der Waals surface area contributed by atoms with Gasteiger partial charge in [-0.3, -0.25) is 33.6 Å². The molecule has 7 atom stereocenters. The molecule has 0 radical (unpaired) electrons. The number of nitrogens with one attached hydrogen (secondary N) is 5. The first-order valence-corrected chi connectivity index (χ1v) is 15.3. The van der Waals surface area contributed by atoms with Crippen molar-refractivity contribution >= 4 is 47.3 Å². The van der Waals surface area contributed by atoms with Crippen molar-refractivity contribution in [3.63, 3.8) is 0 Å². The number of hydrogen-bond donors (Lipinski definition) is 9. The number of rotatable bonds is 21. The van der Waals surface area contributed by atoms with E-state index in [2.05, 4.69) is 26.6 Å². The summed E-state index contributed by atoms with van der Waals surface area (Å²) in [4.78, 5) is 98.8. The Morgan fingerprint density at radius 3 is 1.63 bits per heavy atom. The summed E-state index contributed by atoms with van der Waals surface area (Å²) in [7, 11) is 0. The highest BCUT2D eigenvalue weighted by Crippen LogP contribution is 2.12. The zero-order chi connectivity index (χ0) is 35.9. The number of carbonyl (C=O) groups is 8. The number of nitrogens with two attached hydrogens (primary N) is 3. The molecule has 0 rings (SSSR count). The van der Waals surface area contributed by atoms with Gasteiger partial charge in [0.1, 0.15) is 30.2 Å². The second-order valence-electron chi connectivity index (χ2n) is 12.2. The number of carbonyl (C=O) groups excluding carboxylic acids is 7. The summed E-state index contributed by atoms with van der Waals surface area (Å²) in [6.07, 6.45) is -0.124. The SMILES string of the molecule is CC[C@H](C)[C@H](NC(=O)[C@@H](NC(=O)[C@H](CC(C)C)NC(=O)[C@@H](N)CCC(N)=O)C(C)C)C(=O)N[C@@H](C)C(=O)N[C@@H](CC(N)=O)C(=O)O. The van der Waals surface area contributed by atoms with E-state index < -0.39 is 102 Å². The molecule has 0 aliphatic heterocycles. The highest BCUT2D eigenvalue weighted by atomic mass is 16.4. The highest BCUT2D eigenvalue weighted by Gasteiger charge is 2.35. The maximum atomic E-state index is 13.5. The minimum atomic E-state index is -1.60. The fourth-order valence-electron chi connectivity index (χ4n) is 4.21. The lowest BCUT2D eigenvalue weighted by atomic mass is 9.95. The van der Waals surface area contributed by atoms with E-state index in [-0.39, 0.29) is 25.2 Å². The van der Waals surface area contributed by atoms with Crippen LogP contribution in [0.25, 0.3) is 0 Å². The fourth-order valence-corrected chi connectivity index (χ4v) is 4.21. The smallest absolute Gasteiger partial charge is 0.326 e. The van der Waals surface area contributed by atoms with Crippen molar-refractivity contribution in [1.29, 1.82) is 0 Å². The van der Waals surface area contributed by atoms with Crippen LogP contribution in [-0.2, 0) is 38.4 Å². The normalized spacial score (nSPS) is 15.7. The Morgan fingerprint density at radius 1 is 0.652 bits per heavy atom. The maximum absolute atomic E-state index is 13.5. The Labute approximate surface area is 269 Å². The molecule has 17 heteroatoms. The summed E-state index contributed by atoms with van der Waals surface area (Å²) in [6, 6.07) is -7.27. The van der Waals surface area contributed by atoms with Crippen LogP contribution in [0.3, 0.4) is 0 Å². The van der Waals surface area contributed by atoms with Crippen molar-refractivity contribution in [2.75, 3.05) is 0 Å². The van der Waals surface area contributed by atoms with Gasteiger partial charge < -0.3 is 48.9 Å². The Morgan fingerprint density at radius 2 is 1.17 bits per heavy atom. The van der Waals surface area contributed by atoms with Gasteiger partial charge in [0.2, 0.25) is 41.4 Å². The van der Waals surface area contributed by atoms with E-state index in [1.807, 2.05) is 13.8 Å². The number of carboxylic acids is 1. The number of aliphatic carboxylic acids is 1. The lowest BCUT2D eigenvalue weighted by Crippen LogP contribution is -2.61. The van der Waals surface area contributed by atoms with Crippen LogP contribution in [-0.4, -0.2) is 88.7 Å². The minimum absolute atomic E-state index is 0.0128. The molecule has 0 aromatic heterocycles. The van der Waals surface area contributed by atoms with Crippen LogP contribution in [0.2, 0.25) is 0 Å². The second kappa shape index (κ2) is 20.0. The third-order valence-corrected chi connectivity index (χ3v) is 7.19. The molecule has 0 saturated heterocycles. The molecular weight excluding hydrogens is 604 g/mol. The molecule has 7 amide bonds. The zero-order valence-electron chi connectivity index (χ0n) is 27.7. The summed E-state index contributed by atoms with van der Waals surface area (Å²) in [6.45, 7) is 11.8. The zero-order valence-corrected chi connectivity index (χ0v) is 27.7. The molecule has 262 valence electrons. The van der Waals surface area contributed by atoms with Crippen molar-refractivity contribution in [3.8, 4) is 0 Å². The Balaban J connectivity index is 5.79. The lowest BCUT2D eigenvalue weighted by molar-refractivity contribution is -0.143. The van der Waals surface area contributed by atoms with Crippen LogP contribution in [0.15, 0.2) is 0 Å². The van der Waals surface area contributed by atoms with Gasteiger partial charge in [-0.25, -0.2) is 4.79 Å². The van der Waals surface area contributed by atoms with Gasteiger partial charge in [0, 0.05) is 6.42 Å². The van der Waals surface area contributed by atoms with E-state index in [0.29, 0.717) is 6.42 Å². The van der Waals surface area contributed by atoms with Crippen molar-refractivity contribution in [2.45, 2.75) is 117 Å². The molecular formula is C29H52N8O9. The molecule has 46 heavy (non-hydrogen) atoms. The molecule has 0 unspecified atom stereocenters. The third-order valence-electron chi connectivity index (χ3n) is 7.19. The molecule has 0 aliphatic rings. The van der Waals surface area contributed by atoms with E-state index in [1.54, 1.807) is 27.7 Å². The number of carboxylic acid groups (broad SMARTS) is 1. The van der Waals surface area contributed by atoms with Crippen molar-refractivity contribution in [3.05, 3.63) is 0 Å². The first kappa shape index (κ1) is 41.7. The molecule has 0 heterocycles. The van der Waals surface area contributed by atoms with Gasteiger partial charge in [-0.2, -0.15) is 0 Å². The molecule has 12 N–H and O–H groups in total. The van der Waals surface area contributed by atoms with Gasteiger partial charge in [0.25, 0.3) is 0 Å². The topological polar surface area (TPSA) is 295 Å². The molecule has 0 fully saturated rings. The second-order valence-corrected chi connectivity index (χ2v) is 12.2. The molecule has 0 spiro atoms. The van der Waals surface area contributed by atoms with Gasteiger partial charge in [0.05, 0.1) is 12.5 Å². The van der Waals surface area contributed by atoms with Gasteiger partial charge >= 0.3 is 5.97 Å². The van der Waals surface area contributed by atoms with Gasteiger partial charge in [-0.05, 0) is 37.5 Å². The maximum Gasteiger partial charge on any atom is 0.326 e. The van der Waals surface area contributed by atoms with Crippen LogP contribution in [0, 0.1) is 17.8 Å². The van der Waals surface area contributed by atoms with E-state index in [1.165, 1.54) is 6.92 Å². The largest absolute Gasteiger partial charge is 0.480 e. The molecule has 17 nitrogen and oxygen atoms in total. The average Bonchev–Trinajstić information content (AvgIpc) is 2.94. The van der Waals surface area contributed by atoms with Crippen molar-refractivity contribution < 1.29 is 43.5 Å². The predicted molar refractivity (Wildman–Crippen MR) is 167 cm³/mol. The summed E-state index contributed by atoms with van der Waals surface area (Å²) in [5, 5.41) is 21.7. The molecule has 0 aromatic rings. The summed E-state index contributed by atoms with van der Waals surface area (Å²) >= 11 is 0. The first-order valence-electron chi connectivity index (χ1n) is 15.3. The molecule has 0 bridgehead atoms. The van der Waals surface area contributed by atoms with E-state index in [4.69, 9.17) is 17.2 Å². The van der Waals surface area contributed by atoms with Crippen LogP contribution in [0.1, 0.15) is 80.6 Å². The number of amides is 7. The summed E-state index contributed by atoms with van der Waals surface area (Å²) in [5.74, 6) is -7.63. The quantitative estimate of drug-likeness (QED) is 0.0638. The standard InChI is InChI=1S/C29H52N8O9/c1-8-15(6)23(28(44)33-16(7)24(40)35-19(29(45)46)12-21(32)39)37-27(43)22(14(4)5)36-26(42)18(11-13(2)3)34-25(41)17(30)9-10-20(31)38/h13-19,22-23H,8-12,30H2,1-7H3,(H2,31,38)(H2,32,39)(H,33,44)(H,34,41)(H,35,40)(H,36,42)(H,37,43)(H,45,46)/t15-,16-,17-,18-,19-,22-,23-/m0/s1. The van der Waals surface area contributed by atoms with Crippen LogP contribution < -0.4 is 43.8 Å². The van der Waals surface area contributed by atoms with Crippen LogP contribution in [0.4, 0.5) is 0 Å². The Bertz CT molecular complexity index is 1110. The van der Waals surface area contributed by atoms with E-state index in [9.17, 15) is 43.5 Å².